The Balaban J connectivity index is 1.99. The molecule has 0 N–H and O–H groups in total. The number of benzene rings is 1. The quantitative estimate of drug-likeness (QED) is 0.869. The van der Waals surface area contributed by atoms with Crippen molar-refractivity contribution in [2.24, 2.45) is 5.10 Å². The number of nitrogens with zero attached hydrogens (tertiary/aromatic N) is 5. The maximum Gasteiger partial charge on any atom is 0.140 e. The van der Waals surface area contributed by atoms with Crippen LogP contribution in [0.3, 0.4) is 0 Å². The topological polar surface area (TPSA) is 46.3 Å². The minimum Gasteiger partial charge on any atom is -0.299 e. The Hall–Kier alpha value is -2.17. The first-order valence-corrected chi connectivity index (χ1v) is 8.29. The molecule has 2 atom stereocenters. The van der Waals surface area contributed by atoms with Crippen LogP contribution in [0.5, 0.6) is 0 Å². The summed E-state index contributed by atoms with van der Waals surface area (Å²) in [5.41, 5.74) is 3.74. The van der Waals surface area contributed by atoms with Crippen molar-refractivity contribution in [3.63, 3.8) is 0 Å². The molecule has 2 aromatic rings. The molecule has 0 radical (unpaired) electrons. The molecule has 1 aliphatic rings. The van der Waals surface area contributed by atoms with Gasteiger partial charge in [0.1, 0.15) is 11.6 Å². The first-order chi connectivity index (χ1) is 11.0. The van der Waals surface area contributed by atoms with Gasteiger partial charge in [0.25, 0.3) is 0 Å². The highest BCUT2D eigenvalue weighted by Crippen LogP contribution is 2.27. The van der Waals surface area contributed by atoms with E-state index < -0.39 is 0 Å². The van der Waals surface area contributed by atoms with Gasteiger partial charge in [-0.25, -0.2) is 0 Å². The summed E-state index contributed by atoms with van der Waals surface area (Å²) in [4.78, 5) is 0. The number of aromatic nitrogens is 3. The number of hydrogen-bond donors (Lipinski definition) is 0. The molecule has 23 heavy (non-hydrogen) atoms. The standard InChI is InChI=1S/C18H25N5/c1-6-12(2)18-21-20-14(4)23(18)17-8-7-15(9-13(17)3)16-10-19-22(5)11-16/h7-10,12,16H,6,11H2,1-5H3. The number of hydrazone groups is 1. The maximum absolute atomic E-state index is 4.40. The summed E-state index contributed by atoms with van der Waals surface area (Å²) in [6.07, 6.45) is 3.09. The lowest BCUT2D eigenvalue weighted by Gasteiger charge is -2.17. The van der Waals surface area contributed by atoms with Crippen LogP contribution in [0.1, 0.15) is 54.9 Å². The Kier molecular flexibility index (Phi) is 4.20. The number of likely N-dealkylation sites (N-methyl/N-ethyl adjacent to an activating group) is 1. The fourth-order valence-corrected chi connectivity index (χ4v) is 3.10. The van der Waals surface area contributed by atoms with Gasteiger partial charge in [0.2, 0.25) is 0 Å². The monoisotopic (exact) mass is 311 g/mol. The van der Waals surface area contributed by atoms with Crippen LogP contribution in [0, 0.1) is 13.8 Å². The first-order valence-electron chi connectivity index (χ1n) is 8.29. The Bertz CT molecular complexity index is 731. The van der Waals surface area contributed by atoms with Gasteiger partial charge >= 0.3 is 0 Å². The molecule has 0 aliphatic carbocycles. The summed E-state index contributed by atoms with van der Waals surface area (Å²) in [6, 6.07) is 6.67. The third kappa shape index (κ3) is 2.87. The molecule has 1 aliphatic heterocycles. The Morgan fingerprint density at radius 1 is 1.26 bits per heavy atom. The Morgan fingerprint density at radius 3 is 2.65 bits per heavy atom. The van der Waals surface area contributed by atoms with Gasteiger partial charge < -0.3 is 0 Å². The molecule has 1 aromatic heterocycles. The lowest BCUT2D eigenvalue weighted by Crippen LogP contribution is -2.13. The Morgan fingerprint density at radius 2 is 2.04 bits per heavy atom. The molecule has 5 heteroatoms. The van der Waals surface area contributed by atoms with E-state index in [0.29, 0.717) is 11.8 Å². The van der Waals surface area contributed by atoms with Crippen molar-refractivity contribution in [1.82, 2.24) is 19.8 Å². The molecule has 0 bridgehead atoms. The molecule has 0 amide bonds. The smallest absolute Gasteiger partial charge is 0.140 e. The lowest BCUT2D eigenvalue weighted by molar-refractivity contribution is 0.381. The van der Waals surface area contributed by atoms with Crippen LogP contribution in [0.15, 0.2) is 23.3 Å². The average molecular weight is 311 g/mol. The number of hydrogen-bond acceptors (Lipinski definition) is 4. The van der Waals surface area contributed by atoms with Gasteiger partial charge in [0.05, 0.1) is 5.69 Å². The number of rotatable bonds is 4. The molecule has 0 spiro atoms. The minimum atomic E-state index is 0.379. The van der Waals surface area contributed by atoms with Crippen molar-refractivity contribution in [1.29, 1.82) is 0 Å². The van der Waals surface area contributed by atoms with E-state index in [1.54, 1.807) is 0 Å². The SMILES string of the molecule is CCC(C)c1nnc(C)n1-c1ccc(C2C=NN(C)C2)cc1C. The second-order valence-corrected chi connectivity index (χ2v) is 6.51. The van der Waals surface area contributed by atoms with Crippen molar-refractivity contribution in [3.05, 3.63) is 41.0 Å². The largest absolute Gasteiger partial charge is 0.299 e. The van der Waals surface area contributed by atoms with Gasteiger partial charge in [-0.05, 0) is 37.5 Å². The normalized spacial score (nSPS) is 18.7. The molecule has 0 saturated carbocycles. The van der Waals surface area contributed by atoms with Crippen LogP contribution in [0.2, 0.25) is 0 Å². The van der Waals surface area contributed by atoms with E-state index in [1.165, 1.54) is 16.8 Å². The van der Waals surface area contributed by atoms with Crippen LogP contribution in [-0.2, 0) is 0 Å². The summed E-state index contributed by atoms with van der Waals surface area (Å²) in [6.45, 7) is 9.52. The van der Waals surface area contributed by atoms with Crippen molar-refractivity contribution in [2.45, 2.75) is 46.0 Å². The fraction of sp³-hybridized carbons (Fsp3) is 0.500. The van der Waals surface area contributed by atoms with Gasteiger partial charge in [0, 0.05) is 31.6 Å². The van der Waals surface area contributed by atoms with Crippen LogP contribution in [0.25, 0.3) is 5.69 Å². The van der Waals surface area contributed by atoms with Crippen molar-refractivity contribution < 1.29 is 0 Å². The van der Waals surface area contributed by atoms with E-state index in [1.807, 2.05) is 25.2 Å². The second-order valence-electron chi connectivity index (χ2n) is 6.51. The zero-order chi connectivity index (χ0) is 16.6. The predicted octanol–water partition coefficient (Wildman–Crippen LogP) is 3.41. The van der Waals surface area contributed by atoms with Gasteiger partial charge in [0.15, 0.2) is 0 Å². The van der Waals surface area contributed by atoms with E-state index >= 15 is 0 Å². The highest BCUT2D eigenvalue weighted by atomic mass is 15.4. The molecule has 5 nitrogen and oxygen atoms in total. The van der Waals surface area contributed by atoms with Crippen molar-refractivity contribution >= 4 is 6.21 Å². The van der Waals surface area contributed by atoms with Gasteiger partial charge in [-0.15, -0.1) is 10.2 Å². The highest BCUT2D eigenvalue weighted by Gasteiger charge is 2.20. The van der Waals surface area contributed by atoms with E-state index in [9.17, 15) is 0 Å². The summed E-state index contributed by atoms with van der Waals surface area (Å²) >= 11 is 0. The minimum absolute atomic E-state index is 0.379. The molecule has 3 rings (SSSR count). The van der Waals surface area contributed by atoms with Gasteiger partial charge in [-0.3, -0.25) is 9.58 Å². The molecule has 2 unspecified atom stereocenters. The van der Waals surface area contributed by atoms with E-state index in [0.717, 1.165) is 24.6 Å². The predicted molar refractivity (Wildman–Crippen MR) is 93.4 cm³/mol. The first kappa shape index (κ1) is 15.7. The number of aryl methyl sites for hydroxylation is 2. The van der Waals surface area contributed by atoms with E-state index in [4.69, 9.17) is 0 Å². The van der Waals surface area contributed by atoms with E-state index in [2.05, 4.69) is 58.8 Å². The summed E-state index contributed by atoms with van der Waals surface area (Å²) in [5.74, 6) is 2.76. The summed E-state index contributed by atoms with van der Waals surface area (Å²) in [5, 5.41) is 15.0. The van der Waals surface area contributed by atoms with Crippen LogP contribution in [0.4, 0.5) is 0 Å². The van der Waals surface area contributed by atoms with Gasteiger partial charge in [-0.1, -0.05) is 26.0 Å². The van der Waals surface area contributed by atoms with Gasteiger partial charge in [-0.2, -0.15) is 5.10 Å². The molecule has 1 aromatic carbocycles. The third-order valence-corrected chi connectivity index (χ3v) is 4.70. The highest BCUT2D eigenvalue weighted by molar-refractivity contribution is 5.70. The molecule has 2 heterocycles. The summed E-state index contributed by atoms with van der Waals surface area (Å²) < 4.78 is 2.20. The lowest BCUT2D eigenvalue weighted by atomic mass is 9.98. The molecular formula is C18H25N5. The second kappa shape index (κ2) is 6.14. The summed E-state index contributed by atoms with van der Waals surface area (Å²) in [7, 11) is 2.01. The zero-order valence-corrected chi connectivity index (χ0v) is 14.6. The molecule has 122 valence electrons. The van der Waals surface area contributed by atoms with E-state index in [-0.39, 0.29) is 0 Å². The molecule has 0 fully saturated rings. The van der Waals surface area contributed by atoms with Crippen LogP contribution >= 0.6 is 0 Å². The molecule has 0 saturated heterocycles. The Labute approximate surface area is 138 Å². The van der Waals surface area contributed by atoms with Crippen LogP contribution in [-0.4, -0.2) is 39.6 Å². The van der Waals surface area contributed by atoms with Crippen molar-refractivity contribution in [3.8, 4) is 5.69 Å². The maximum atomic E-state index is 4.40. The van der Waals surface area contributed by atoms with Crippen LogP contribution < -0.4 is 0 Å². The molecular weight excluding hydrogens is 286 g/mol. The van der Waals surface area contributed by atoms with Crippen molar-refractivity contribution in [2.75, 3.05) is 13.6 Å². The third-order valence-electron chi connectivity index (χ3n) is 4.70. The average Bonchev–Trinajstić information content (AvgIpc) is 3.13. The zero-order valence-electron chi connectivity index (χ0n) is 14.6. The fourth-order valence-electron chi connectivity index (χ4n) is 3.10.